The van der Waals surface area contributed by atoms with E-state index in [4.69, 9.17) is 18.9 Å². The van der Waals surface area contributed by atoms with Gasteiger partial charge in [-0.1, -0.05) is 43.3 Å². The van der Waals surface area contributed by atoms with E-state index in [-0.39, 0.29) is 13.2 Å². The molecular weight excluding hydrogens is 486 g/mol. The van der Waals surface area contributed by atoms with E-state index in [1.54, 1.807) is 85.2 Å². The largest absolute Gasteiger partial charge is 0.497 e. The van der Waals surface area contributed by atoms with Gasteiger partial charge >= 0.3 is 18.0 Å². The van der Waals surface area contributed by atoms with Gasteiger partial charge in [-0.3, -0.25) is 14.5 Å². The van der Waals surface area contributed by atoms with Gasteiger partial charge in [-0.15, -0.1) is 0 Å². The third kappa shape index (κ3) is 8.64. The normalized spacial score (nSPS) is 13.1. The van der Waals surface area contributed by atoms with Crippen LogP contribution in [0.1, 0.15) is 53.0 Å². The number of ether oxygens (including phenoxy) is 4. The Morgan fingerprint density at radius 1 is 0.895 bits per heavy atom. The minimum atomic E-state index is -1.15. The van der Waals surface area contributed by atoms with Crippen molar-refractivity contribution in [1.82, 2.24) is 0 Å². The summed E-state index contributed by atoms with van der Waals surface area (Å²) in [7, 11) is 1.57. The maximum atomic E-state index is 13.2. The predicted octanol–water partition coefficient (Wildman–Crippen LogP) is 6.11. The number of benzene rings is 2. The van der Waals surface area contributed by atoms with Crippen molar-refractivity contribution in [2.45, 2.75) is 53.1 Å². The summed E-state index contributed by atoms with van der Waals surface area (Å²) in [5.74, 6) is -2.80. The Labute approximate surface area is 225 Å². The summed E-state index contributed by atoms with van der Waals surface area (Å²) in [6.07, 6.45) is 2.82. The van der Waals surface area contributed by atoms with Crippen molar-refractivity contribution in [2.75, 3.05) is 25.2 Å². The van der Waals surface area contributed by atoms with E-state index in [0.29, 0.717) is 11.4 Å². The number of allylic oxidation sites excluding steroid dienone is 1. The number of rotatable bonds is 11. The van der Waals surface area contributed by atoms with Gasteiger partial charge in [0.25, 0.3) is 0 Å². The number of carbonyl (C=O) groups excluding carboxylic acids is 3. The molecule has 8 nitrogen and oxygen atoms in total. The molecule has 0 heterocycles. The zero-order valence-electron chi connectivity index (χ0n) is 23.3. The van der Waals surface area contributed by atoms with Gasteiger partial charge in [0.2, 0.25) is 0 Å². The molecule has 0 saturated heterocycles. The average molecular weight is 526 g/mol. The molecule has 1 amide bonds. The molecular formula is C30H39NO7. The highest BCUT2D eigenvalue weighted by molar-refractivity contribution is 5.95. The summed E-state index contributed by atoms with van der Waals surface area (Å²) < 4.78 is 21.4. The third-order valence-corrected chi connectivity index (χ3v) is 5.74. The Hall–Kier alpha value is -3.81. The van der Waals surface area contributed by atoms with E-state index in [9.17, 15) is 14.4 Å². The van der Waals surface area contributed by atoms with Crippen molar-refractivity contribution >= 4 is 23.7 Å². The number of hydrogen-bond acceptors (Lipinski definition) is 7. The lowest BCUT2D eigenvalue weighted by atomic mass is 9.78. The fraction of sp³-hybridized carbons (Fsp3) is 0.433. The number of methoxy groups -OCH3 is 1. The van der Waals surface area contributed by atoms with Gasteiger partial charge in [0, 0.05) is 12.1 Å². The molecule has 0 spiro atoms. The molecule has 0 bridgehead atoms. The van der Waals surface area contributed by atoms with Crippen LogP contribution in [0.15, 0.2) is 66.9 Å². The summed E-state index contributed by atoms with van der Waals surface area (Å²) in [6, 6.07) is 16.4. The zero-order chi connectivity index (χ0) is 28.3. The minimum Gasteiger partial charge on any atom is -0.497 e. The number of carbonyl (C=O) groups is 3. The Bertz CT molecular complexity index is 1060. The van der Waals surface area contributed by atoms with Crippen LogP contribution in [0.3, 0.4) is 0 Å². The third-order valence-electron chi connectivity index (χ3n) is 5.74. The van der Waals surface area contributed by atoms with Crippen molar-refractivity contribution in [3.05, 3.63) is 72.4 Å². The van der Waals surface area contributed by atoms with E-state index < -0.39 is 41.4 Å². The summed E-state index contributed by atoms with van der Waals surface area (Å²) in [5.41, 5.74) is 0.692. The van der Waals surface area contributed by atoms with Crippen LogP contribution in [0.5, 0.6) is 5.75 Å². The number of esters is 2. The van der Waals surface area contributed by atoms with Crippen LogP contribution in [0.2, 0.25) is 0 Å². The van der Waals surface area contributed by atoms with Crippen molar-refractivity contribution in [3.63, 3.8) is 0 Å². The summed E-state index contributed by atoms with van der Waals surface area (Å²) in [6.45, 7) is 10.8. The maximum Gasteiger partial charge on any atom is 0.418 e. The van der Waals surface area contributed by atoms with Crippen LogP contribution in [0.4, 0.5) is 10.5 Å². The molecule has 0 fully saturated rings. The first kappa shape index (κ1) is 30.4. The monoisotopic (exact) mass is 525 g/mol. The predicted molar refractivity (Wildman–Crippen MR) is 146 cm³/mol. The molecule has 0 aliphatic rings. The fourth-order valence-corrected chi connectivity index (χ4v) is 3.95. The van der Waals surface area contributed by atoms with Gasteiger partial charge in [-0.2, -0.15) is 0 Å². The van der Waals surface area contributed by atoms with E-state index in [2.05, 4.69) is 0 Å². The first-order valence-corrected chi connectivity index (χ1v) is 12.7. The molecule has 2 rings (SSSR count). The summed E-state index contributed by atoms with van der Waals surface area (Å²) >= 11 is 0. The molecule has 0 saturated carbocycles. The highest BCUT2D eigenvalue weighted by atomic mass is 16.6. The lowest BCUT2D eigenvalue weighted by molar-refractivity contribution is -0.164. The van der Waals surface area contributed by atoms with Crippen LogP contribution in [0.25, 0.3) is 0 Å². The Morgan fingerprint density at radius 3 is 1.92 bits per heavy atom. The molecule has 0 aromatic heterocycles. The van der Waals surface area contributed by atoms with Crippen LogP contribution in [-0.2, 0) is 23.8 Å². The molecule has 2 aromatic carbocycles. The van der Waals surface area contributed by atoms with Crippen molar-refractivity contribution in [3.8, 4) is 5.75 Å². The fourth-order valence-electron chi connectivity index (χ4n) is 3.95. The lowest BCUT2D eigenvalue weighted by Crippen LogP contribution is -2.36. The second-order valence-corrected chi connectivity index (χ2v) is 9.67. The smallest absolute Gasteiger partial charge is 0.418 e. The summed E-state index contributed by atoms with van der Waals surface area (Å²) in [4.78, 5) is 40.4. The molecule has 2 atom stereocenters. The average Bonchev–Trinajstić information content (AvgIpc) is 2.86. The molecule has 0 unspecified atom stereocenters. The molecule has 0 N–H and O–H groups in total. The molecule has 0 aliphatic heterocycles. The van der Waals surface area contributed by atoms with E-state index >= 15 is 0 Å². The first-order valence-electron chi connectivity index (χ1n) is 12.7. The number of anilines is 1. The van der Waals surface area contributed by atoms with Gasteiger partial charge in [0.15, 0.2) is 5.92 Å². The van der Waals surface area contributed by atoms with Crippen LogP contribution in [0, 0.1) is 11.8 Å². The van der Waals surface area contributed by atoms with E-state index in [1.807, 2.05) is 30.3 Å². The van der Waals surface area contributed by atoms with Crippen LogP contribution in [-0.4, -0.2) is 44.0 Å². The van der Waals surface area contributed by atoms with Gasteiger partial charge < -0.3 is 18.9 Å². The standard InChI is InChI=1S/C30H39NO7/c1-8-36-27(32)26(28(33)37-9-2)21(3)25(22-13-11-10-12-14-22)19-20-31(29(34)38-30(4,5)6)23-15-17-24(35-7)18-16-23/h10-21,25-26H,8-9H2,1-7H3/b20-19-/t21-,25+/m0/s1. The quantitative estimate of drug-likeness (QED) is 0.198. The zero-order valence-corrected chi connectivity index (χ0v) is 23.3. The number of hydrogen-bond donors (Lipinski definition) is 0. The van der Waals surface area contributed by atoms with Gasteiger partial charge in [0.05, 0.1) is 26.0 Å². The molecule has 8 heteroatoms. The maximum absolute atomic E-state index is 13.2. The Balaban J connectivity index is 2.56. The molecule has 38 heavy (non-hydrogen) atoms. The van der Waals surface area contributed by atoms with Crippen LogP contribution < -0.4 is 9.64 Å². The topological polar surface area (TPSA) is 91.4 Å². The van der Waals surface area contributed by atoms with Gasteiger partial charge in [0.1, 0.15) is 11.4 Å². The first-order chi connectivity index (χ1) is 18.0. The second kappa shape index (κ2) is 14.2. The Morgan fingerprint density at radius 2 is 1.45 bits per heavy atom. The highest BCUT2D eigenvalue weighted by Gasteiger charge is 2.39. The number of amides is 1. The molecule has 0 aliphatic carbocycles. The van der Waals surface area contributed by atoms with Gasteiger partial charge in [-0.25, -0.2) is 4.79 Å². The molecule has 206 valence electrons. The Kier molecular flexibility index (Phi) is 11.4. The van der Waals surface area contributed by atoms with E-state index in [0.717, 1.165) is 5.56 Å². The second-order valence-electron chi connectivity index (χ2n) is 9.67. The number of nitrogens with zero attached hydrogens (tertiary/aromatic N) is 1. The SMILES string of the molecule is CCOC(=O)C(C(=O)OCC)[C@@H](C)[C@@H](/C=C\N(C(=O)OC(C)(C)C)c1ccc(OC)cc1)c1ccccc1. The summed E-state index contributed by atoms with van der Waals surface area (Å²) in [5, 5.41) is 0. The van der Waals surface area contributed by atoms with Crippen molar-refractivity contribution < 1.29 is 33.3 Å². The van der Waals surface area contributed by atoms with Crippen molar-refractivity contribution in [1.29, 1.82) is 0 Å². The minimum absolute atomic E-state index is 0.136. The molecule has 2 aromatic rings. The molecule has 0 radical (unpaired) electrons. The van der Waals surface area contributed by atoms with E-state index in [1.165, 1.54) is 4.90 Å². The highest BCUT2D eigenvalue weighted by Crippen LogP contribution is 2.34. The lowest BCUT2D eigenvalue weighted by Gasteiger charge is -2.29. The van der Waals surface area contributed by atoms with Crippen LogP contribution >= 0.6 is 0 Å². The van der Waals surface area contributed by atoms with Gasteiger partial charge in [-0.05, 0) is 70.4 Å². The van der Waals surface area contributed by atoms with Crippen molar-refractivity contribution in [2.24, 2.45) is 11.8 Å².